The molecule has 1 aromatic rings. The van der Waals surface area contributed by atoms with Crippen molar-refractivity contribution in [3.63, 3.8) is 0 Å². The average Bonchev–Trinajstić information content (AvgIpc) is 3.10. The molecular formula is C20H24N2O. The smallest absolute Gasteiger partial charge is 0.148 e. The molecule has 1 aliphatic carbocycles. The Morgan fingerprint density at radius 2 is 2.17 bits per heavy atom. The fourth-order valence-electron chi connectivity index (χ4n) is 6.23. The number of carbonyl (C=O) groups excluding carboxylic acids is 1. The number of fused-ring (bicyclic) bond motifs is 2. The highest BCUT2D eigenvalue weighted by molar-refractivity contribution is 5.84. The van der Waals surface area contributed by atoms with E-state index >= 15 is 0 Å². The van der Waals surface area contributed by atoms with Crippen molar-refractivity contribution in [2.24, 2.45) is 11.8 Å². The lowest BCUT2D eigenvalue weighted by atomic mass is 9.60. The summed E-state index contributed by atoms with van der Waals surface area (Å²) in [5, 5.41) is 0. The third-order valence-electron chi connectivity index (χ3n) is 7.15. The number of allylic oxidation sites excluding steroid dienone is 1. The van der Waals surface area contributed by atoms with Crippen LogP contribution in [0.15, 0.2) is 35.5 Å². The Hall–Kier alpha value is -1.61. The highest BCUT2D eigenvalue weighted by Crippen LogP contribution is 2.62. The number of nitrogens with zero attached hydrogens (tertiary/aromatic N) is 2. The summed E-state index contributed by atoms with van der Waals surface area (Å²) in [4.78, 5) is 17.2. The van der Waals surface area contributed by atoms with Gasteiger partial charge in [-0.05, 0) is 42.9 Å². The largest absolute Gasteiger partial charge is 0.347 e. The van der Waals surface area contributed by atoms with Crippen LogP contribution in [0.1, 0.15) is 31.7 Å². The molecule has 0 aromatic heterocycles. The molecule has 1 spiro atoms. The Bertz CT molecular complexity index is 724. The van der Waals surface area contributed by atoms with E-state index in [0.29, 0.717) is 17.9 Å². The van der Waals surface area contributed by atoms with Gasteiger partial charge in [0.15, 0.2) is 0 Å². The molecule has 0 amide bonds. The second kappa shape index (κ2) is 4.47. The lowest BCUT2D eigenvalue weighted by Crippen LogP contribution is -2.55. The van der Waals surface area contributed by atoms with Crippen LogP contribution in [0.5, 0.6) is 0 Å². The van der Waals surface area contributed by atoms with Crippen LogP contribution in [-0.2, 0) is 10.2 Å². The summed E-state index contributed by atoms with van der Waals surface area (Å²) in [6.45, 7) is 4.62. The first kappa shape index (κ1) is 13.8. The minimum absolute atomic E-state index is 0.0663. The Kier molecular flexibility index (Phi) is 2.68. The number of hydrogen-bond donors (Lipinski definition) is 0. The Morgan fingerprint density at radius 3 is 2.96 bits per heavy atom. The Labute approximate surface area is 138 Å². The lowest BCUT2D eigenvalue weighted by molar-refractivity contribution is -0.106. The number of benzene rings is 1. The van der Waals surface area contributed by atoms with Crippen molar-refractivity contribution < 1.29 is 4.79 Å². The quantitative estimate of drug-likeness (QED) is 0.785. The first-order valence-corrected chi connectivity index (χ1v) is 8.99. The molecule has 2 fully saturated rings. The number of likely N-dealkylation sites (N-methyl/N-ethyl adjacent to an activating group) is 1. The van der Waals surface area contributed by atoms with E-state index in [1.54, 1.807) is 0 Å². The van der Waals surface area contributed by atoms with Gasteiger partial charge in [0.2, 0.25) is 0 Å². The van der Waals surface area contributed by atoms with Crippen molar-refractivity contribution in [3.05, 3.63) is 41.1 Å². The van der Waals surface area contributed by atoms with Gasteiger partial charge in [0, 0.05) is 36.6 Å². The number of carbonyl (C=O) groups is 1. The number of anilines is 1. The molecule has 2 bridgehead atoms. The average molecular weight is 308 g/mol. The zero-order valence-corrected chi connectivity index (χ0v) is 14.0. The molecule has 3 nitrogen and oxygen atoms in total. The van der Waals surface area contributed by atoms with E-state index in [1.165, 1.54) is 42.7 Å². The van der Waals surface area contributed by atoms with Crippen LogP contribution in [0.2, 0.25) is 0 Å². The van der Waals surface area contributed by atoms with E-state index in [4.69, 9.17) is 0 Å². The number of aldehydes is 1. The maximum Gasteiger partial charge on any atom is 0.148 e. The first-order chi connectivity index (χ1) is 11.2. The first-order valence-electron chi connectivity index (χ1n) is 8.99. The van der Waals surface area contributed by atoms with Gasteiger partial charge in [0.05, 0.1) is 5.41 Å². The van der Waals surface area contributed by atoms with E-state index in [2.05, 4.69) is 48.0 Å². The van der Waals surface area contributed by atoms with Crippen LogP contribution < -0.4 is 4.90 Å². The lowest BCUT2D eigenvalue weighted by Gasteiger charge is -2.51. The number of para-hydroxylation sites is 1. The maximum atomic E-state index is 12.1. The molecule has 3 heterocycles. The van der Waals surface area contributed by atoms with Crippen molar-refractivity contribution in [1.82, 2.24) is 4.90 Å². The third-order valence-corrected chi connectivity index (χ3v) is 7.15. The van der Waals surface area contributed by atoms with Crippen LogP contribution in [0.4, 0.5) is 5.69 Å². The molecule has 3 aliphatic heterocycles. The fraction of sp³-hybridized carbons (Fsp3) is 0.550. The summed E-state index contributed by atoms with van der Waals surface area (Å²) in [5.41, 5.74) is 5.27. The van der Waals surface area contributed by atoms with Gasteiger partial charge >= 0.3 is 0 Å². The standard InChI is InChI=1S/C20H24N2O/c1-3-13-11-22-9-8-20-16-6-4-5-7-17(16)21(2)19(20)15(12-23)14(13)10-18(20)22/h4-7,12-14,18H,3,8-11H2,1-2H3/t13-,14-,18-,20+/m1/s1. The van der Waals surface area contributed by atoms with Gasteiger partial charge in [-0.3, -0.25) is 9.69 Å². The third kappa shape index (κ3) is 1.43. The molecule has 3 heteroatoms. The molecule has 1 aromatic carbocycles. The number of hydrogen-bond acceptors (Lipinski definition) is 3. The fourth-order valence-corrected chi connectivity index (χ4v) is 6.23. The summed E-state index contributed by atoms with van der Waals surface area (Å²) in [7, 11) is 2.16. The highest BCUT2D eigenvalue weighted by atomic mass is 16.1. The van der Waals surface area contributed by atoms with Crippen molar-refractivity contribution in [1.29, 1.82) is 0 Å². The van der Waals surface area contributed by atoms with Crippen LogP contribution >= 0.6 is 0 Å². The normalized spacial score (nSPS) is 37.8. The molecule has 0 N–H and O–H groups in total. The van der Waals surface area contributed by atoms with Gasteiger partial charge in [-0.25, -0.2) is 0 Å². The monoisotopic (exact) mass is 308 g/mol. The Balaban J connectivity index is 1.83. The predicted octanol–water partition coefficient (Wildman–Crippen LogP) is 2.96. The minimum atomic E-state index is 0.0663. The molecule has 2 saturated heterocycles. The molecule has 0 saturated carbocycles. The van der Waals surface area contributed by atoms with Crippen molar-refractivity contribution in [2.75, 3.05) is 25.0 Å². The molecule has 120 valence electrons. The van der Waals surface area contributed by atoms with Gasteiger partial charge in [0.25, 0.3) is 0 Å². The maximum absolute atomic E-state index is 12.1. The summed E-state index contributed by atoms with van der Waals surface area (Å²) in [6, 6.07) is 9.40. The molecule has 23 heavy (non-hydrogen) atoms. The van der Waals surface area contributed by atoms with Gasteiger partial charge in [-0.1, -0.05) is 31.5 Å². The summed E-state index contributed by atoms with van der Waals surface area (Å²) >= 11 is 0. The van der Waals surface area contributed by atoms with Crippen molar-refractivity contribution in [2.45, 2.75) is 37.6 Å². The Morgan fingerprint density at radius 1 is 1.35 bits per heavy atom. The predicted molar refractivity (Wildman–Crippen MR) is 91.5 cm³/mol. The number of piperidine rings is 1. The van der Waals surface area contributed by atoms with E-state index < -0.39 is 0 Å². The second-order valence-corrected chi connectivity index (χ2v) is 7.74. The van der Waals surface area contributed by atoms with Gasteiger partial charge in [0.1, 0.15) is 6.29 Å². The minimum Gasteiger partial charge on any atom is -0.347 e. The van der Waals surface area contributed by atoms with E-state index in [1.807, 2.05) is 0 Å². The van der Waals surface area contributed by atoms with Crippen LogP contribution in [-0.4, -0.2) is 37.4 Å². The molecule has 0 radical (unpaired) electrons. The van der Waals surface area contributed by atoms with Gasteiger partial charge in [-0.2, -0.15) is 0 Å². The molecule has 4 atom stereocenters. The van der Waals surface area contributed by atoms with E-state index in [9.17, 15) is 4.79 Å². The zero-order chi connectivity index (χ0) is 15.8. The summed E-state index contributed by atoms with van der Waals surface area (Å²) < 4.78 is 0. The summed E-state index contributed by atoms with van der Waals surface area (Å²) in [5.74, 6) is 1.09. The topological polar surface area (TPSA) is 23.6 Å². The van der Waals surface area contributed by atoms with Crippen LogP contribution in [0, 0.1) is 11.8 Å². The number of rotatable bonds is 2. The van der Waals surface area contributed by atoms with Crippen LogP contribution in [0.3, 0.4) is 0 Å². The second-order valence-electron chi connectivity index (χ2n) is 7.74. The van der Waals surface area contributed by atoms with E-state index in [-0.39, 0.29) is 5.41 Å². The SMILES string of the molecule is CC[C@@H]1CN2CC[C@@]34C(=C(C=O)[C@@H]1C[C@@H]23)N(C)c1ccccc14. The molecular weight excluding hydrogens is 284 g/mol. The van der Waals surface area contributed by atoms with Crippen molar-refractivity contribution >= 4 is 12.0 Å². The molecule has 4 aliphatic rings. The molecule has 0 unspecified atom stereocenters. The zero-order valence-electron chi connectivity index (χ0n) is 14.0. The van der Waals surface area contributed by atoms with E-state index in [0.717, 1.165) is 18.4 Å². The van der Waals surface area contributed by atoms with Crippen LogP contribution in [0.25, 0.3) is 0 Å². The van der Waals surface area contributed by atoms with Gasteiger partial charge < -0.3 is 4.90 Å². The summed E-state index contributed by atoms with van der Waals surface area (Å²) in [6.07, 6.45) is 4.69. The van der Waals surface area contributed by atoms with Gasteiger partial charge in [-0.15, -0.1) is 0 Å². The van der Waals surface area contributed by atoms with Crippen molar-refractivity contribution in [3.8, 4) is 0 Å². The molecule has 5 rings (SSSR count). The highest BCUT2D eigenvalue weighted by Gasteiger charge is 2.62.